The molecule has 0 unspecified atom stereocenters. The Kier molecular flexibility index (Phi) is 4.73. The molecule has 0 aliphatic carbocycles. The number of hydrogen-bond acceptors (Lipinski definition) is 6. The highest BCUT2D eigenvalue weighted by molar-refractivity contribution is 6.11. The lowest BCUT2D eigenvalue weighted by Gasteiger charge is -2.01. The number of aromatic amines is 2. The maximum absolute atomic E-state index is 12.9. The molecule has 0 fully saturated rings. The third-order valence-electron chi connectivity index (χ3n) is 5.44. The molecule has 0 bridgehead atoms. The van der Waals surface area contributed by atoms with Gasteiger partial charge < -0.3 is 9.84 Å². The average molecular weight is 450 g/mol. The van der Waals surface area contributed by atoms with Gasteiger partial charge in [0.05, 0.1) is 30.1 Å². The van der Waals surface area contributed by atoms with E-state index in [0.29, 0.717) is 23.7 Å². The Bertz CT molecular complexity index is 1580. The summed E-state index contributed by atoms with van der Waals surface area (Å²) in [5.74, 6) is 0.368. The first-order valence-corrected chi connectivity index (χ1v) is 10.5. The minimum Gasteiger partial charge on any atom is -0.356 e. The molecule has 34 heavy (non-hydrogen) atoms. The fourth-order valence-electron chi connectivity index (χ4n) is 3.78. The summed E-state index contributed by atoms with van der Waals surface area (Å²) in [7, 11) is 0. The minimum absolute atomic E-state index is 0.311. The number of amides is 1. The number of rotatable bonds is 6. The predicted molar refractivity (Wildman–Crippen MR) is 125 cm³/mol. The van der Waals surface area contributed by atoms with Gasteiger partial charge in [-0.15, -0.1) is 0 Å². The van der Waals surface area contributed by atoms with E-state index in [0.717, 1.165) is 33.3 Å². The van der Waals surface area contributed by atoms with Gasteiger partial charge in [-0.25, -0.2) is 0 Å². The van der Waals surface area contributed by atoms with Crippen molar-refractivity contribution in [3.8, 4) is 22.5 Å². The van der Waals surface area contributed by atoms with E-state index >= 15 is 0 Å². The molecule has 166 valence electrons. The summed E-state index contributed by atoms with van der Waals surface area (Å²) in [6.45, 7) is 0.411. The van der Waals surface area contributed by atoms with E-state index < -0.39 is 0 Å². The monoisotopic (exact) mass is 450 g/mol. The third-order valence-corrected chi connectivity index (χ3v) is 5.44. The second kappa shape index (κ2) is 8.17. The van der Waals surface area contributed by atoms with Crippen LogP contribution in [0.15, 0.2) is 83.9 Å². The Morgan fingerprint density at radius 1 is 1.03 bits per heavy atom. The van der Waals surface area contributed by atoms with Crippen molar-refractivity contribution in [2.24, 2.45) is 0 Å². The second-order valence-electron chi connectivity index (χ2n) is 7.75. The second-order valence-corrected chi connectivity index (χ2v) is 7.75. The van der Waals surface area contributed by atoms with Crippen LogP contribution < -0.4 is 5.32 Å². The molecule has 0 saturated heterocycles. The van der Waals surface area contributed by atoms with Crippen molar-refractivity contribution in [1.29, 1.82) is 0 Å². The van der Waals surface area contributed by atoms with Crippen molar-refractivity contribution in [3.05, 3.63) is 90.8 Å². The highest BCUT2D eigenvalue weighted by atomic mass is 16.5. The van der Waals surface area contributed by atoms with Gasteiger partial charge in [0, 0.05) is 35.0 Å². The van der Waals surface area contributed by atoms with E-state index in [4.69, 9.17) is 4.52 Å². The molecule has 0 aliphatic rings. The number of benzene rings is 2. The number of hydrogen-bond donors (Lipinski definition) is 3. The van der Waals surface area contributed by atoms with Crippen LogP contribution in [0.3, 0.4) is 0 Å². The van der Waals surface area contributed by atoms with Crippen molar-refractivity contribution < 1.29 is 9.32 Å². The van der Waals surface area contributed by atoms with Gasteiger partial charge in [0.1, 0.15) is 5.69 Å². The first-order chi connectivity index (χ1) is 16.7. The van der Waals surface area contributed by atoms with Crippen LogP contribution in [0.25, 0.3) is 33.4 Å². The maximum Gasteiger partial charge on any atom is 0.276 e. The van der Waals surface area contributed by atoms with Gasteiger partial charge in [0.25, 0.3) is 5.91 Å². The lowest BCUT2D eigenvalue weighted by atomic mass is 10.1. The highest BCUT2D eigenvalue weighted by Gasteiger charge is 2.16. The number of anilines is 1. The lowest BCUT2D eigenvalue weighted by Crippen LogP contribution is -2.12. The van der Waals surface area contributed by atoms with Crippen LogP contribution in [-0.4, -0.2) is 41.2 Å². The van der Waals surface area contributed by atoms with Crippen LogP contribution in [0.2, 0.25) is 0 Å². The molecule has 6 aromatic rings. The molecule has 0 atom stereocenters. The van der Waals surface area contributed by atoms with Crippen molar-refractivity contribution in [2.75, 3.05) is 5.32 Å². The number of carbonyl (C=O) groups excluding carboxylic acids is 1. The minimum atomic E-state index is -0.324. The number of aromatic nitrogens is 7. The summed E-state index contributed by atoms with van der Waals surface area (Å²) in [5.41, 5.74) is 5.25. The van der Waals surface area contributed by atoms with Crippen LogP contribution in [0, 0.1) is 0 Å². The molecule has 4 heterocycles. The molecule has 0 radical (unpaired) electrons. The van der Waals surface area contributed by atoms with E-state index in [1.165, 1.54) is 0 Å². The Balaban J connectivity index is 1.15. The number of carbonyl (C=O) groups is 1. The molecule has 4 aromatic heterocycles. The summed E-state index contributed by atoms with van der Waals surface area (Å²) < 4.78 is 7.12. The van der Waals surface area contributed by atoms with E-state index in [1.54, 1.807) is 23.3 Å². The Hall–Kier alpha value is -4.99. The van der Waals surface area contributed by atoms with E-state index in [2.05, 4.69) is 36.0 Å². The number of fused-ring (bicyclic) bond motifs is 1. The zero-order chi connectivity index (χ0) is 22.9. The average Bonchev–Trinajstić information content (AvgIpc) is 3.66. The number of H-pyrrole nitrogens is 2. The maximum atomic E-state index is 12.9. The molecular weight excluding hydrogens is 432 g/mol. The Labute approximate surface area is 192 Å². The highest BCUT2D eigenvalue weighted by Crippen LogP contribution is 2.25. The van der Waals surface area contributed by atoms with Gasteiger partial charge in [-0.2, -0.15) is 15.3 Å². The summed E-state index contributed by atoms with van der Waals surface area (Å²) in [6, 6.07) is 17.4. The zero-order valence-electron chi connectivity index (χ0n) is 17.8. The molecule has 2 aromatic carbocycles. The largest absolute Gasteiger partial charge is 0.356 e. The van der Waals surface area contributed by atoms with Crippen molar-refractivity contribution in [3.63, 3.8) is 0 Å². The molecule has 10 nitrogen and oxygen atoms in total. The molecule has 6 rings (SSSR count). The SMILES string of the molecule is O=C(Nc1cnn(Cc2cc(-c3ccccc3)on2)c1)c1n[nH]c2cc(-c3cn[nH]c3)ccc12. The van der Waals surface area contributed by atoms with Crippen molar-refractivity contribution in [2.45, 2.75) is 6.54 Å². The van der Waals surface area contributed by atoms with E-state index in [1.807, 2.05) is 60.8 Å². The summed E-state index contributed by atoms with van der Waals surface area (Å²) in [5, 5.41) is 25.9. The van der Waals surface area contributed by atoms with Crippen LogP contribution in [0.4, 0.5) is 5.69 Å². The fourth-order valence-corrected chi connectivity index (χ4v) is 3.78. The first kappa shape index (κ1) is 19.7. The third kappa shape index (κ3) is 3.73. The number of nitrogens with one attached hydrogen (secondary N) is 3. The molecular formula is C24H18N8O2. The fraction of sp³-hybridized carbons (Fsp3) is 0.0417. The Morgan fingerprint density at radius 2 is 1.94 bits per heavy atom. The molecule has 3 N–H and O–H groups in total. The topological polar surface area (TPSA) is 130 Å². The first-order valence-electron chi connectivity index (χ1n) is 10.5. The van der Waals surface area contributed by atoms with Gasteiger partial charge in [0.2, 0.25) is 0 Å². The van der Waals surface area contributed by atoms with Gasteiger partial charge in [0.15, 0.2) is 11.5 Å². The van der Waals surface area contributed by atoms with E-state index in [9.17, 15) is 4.79 Å². The van der Waals surface area contributed by atoms with Crippen LogP contribution in [0.1, 0.15) is 16.2 Å². The van der Waals surface area contributed by atoms with Crippen molar-refractivity contribution >= 4 is 22.5 Å². The standard InChI is InChI=1S/C24H18N8O2/c33-24(23-20-7-6-16(8-21(20)29-30-23)17-10-25-26-11-17)28-19-12-27-32(14-19)13-18-9-22(34-31-18)15-4-2-1-3-5-15/h1-12,14H,13H2,(H,25,26)(H,28,33)(H,29,30). The van der Waals surface area contributed by atoms with Gasteiger partial charge in [-0.05, 0) is 17.7 Å². The lowest BCUT2D eigenvalue weighted by molar-refractivity contribution is 0.102. The summed E-state index contributed by atoms with van der Waals surface area (Å²) >= 11 is 0. The molecule has 1 amide bonds. The number of nitrogens with zero attached hydrogens (tertiary/aromatic N) is 5. The smallest absolute Gasteiger partial charge is 0.276 e. The summed E-state index contributed by atoms with van der Waals surface area (Å²) in [6.07, 6.45) is 6.87. The molecule has 10 heteroatoms. The molecule has 0 saturated carbocycles. The summed E-state index contributed by atoms with van der Waals surface area (Å²) in [4.78, 5) is 12.9. The normalized spacial score (nSPS) is 11.2. The zero-order valence-corrected chi connectivity index (χ0v) is 17.8. The van der Waals surface area contributed by atoms with Crippen LogP contribution in [0.5, 0.6) is 0 Å². The van der Waals surface area contributed by atoms with Gasteiger partial charge >= 0.3 is 0 Å². The van der Waals surface area contributed by atoms with Crippen LogP contribution >= 0.6 is 0 Å². The van der Waals surface area contributed by atoms with E-state index in [-0.39, 0.29) is 5.91 Å². The van der Waals surface area contributed by atoms with Crippen LogP contribution in [-0.2, 0) is 6.54 Å². The van der Waals surface area contributed by atoms with Crippen molar-refractivity contribution in [1.82, 2.24) is 35.3 Å². The molecule has 0 spiro atoms. The molecule has 0 aliphatic heterocycles. The van der Waals surface area contributed by atoms with Gasteiger partial charge in [-0.3, -0.25) is 19.7 Å². The predicted octanol–water partition coefficient (Wildman–Crippen LogP) is 4.11. The quantitative estimate of drug-likeness (QED) is 0.350. The van der Waals surface area contributed by atoms with Gasteiger partial charge in [-0.1, -0.05) is 41.6 Å². The Morgan fingerprint density at radius 3 is 2.79 bits per heavy atom.